The van der Waals surface area contributed by atoms with Gasteiger partial charge in [-0.05, 0) is 5.92 Å². The predicted octanol–water partition coefficient (Wildman–Crippen LogP) is 1.22. The van der Waals surface area contributed by atoms with Crippen LogP contribution in [0.15, 0.2) is 24.9 Å². The van der Waals surface area contributed by atoms with Gasteiger partial charge in [-0.2, -0.15) is 5.10 Å². The van der Waals surface area contributed by atoms with E-state index in [-0.39, 0.29) is 17.7 Å². The van der Waals surface area contributed by atoms with Crippen molar-refractivity contribution in [2.45, 2.75) is 26.3 Å². The number of aromatic nitrogens is 4. The highest BCUT2D eigenvalue weighted by Gasteiger charge is 2.41. The van der Waals surface area contributed by atoms with Gasteiger partial charge in [-0.3, -0.25) is 19.2 Å². The molecule has 0 spiro atoms. The van der Waals surface area contributed by atoms with Crippen molar-refractivity contribution >= 4 is 23.3 Å². The highest BCUT2D eigenvalue weighted by Crippen LogP contribution is 2.33. The number of rotatable bonds is 3. The van der Waals surface area contributed by atoms with Gasteiger partial charge in [-0.25, -0.2) is 9.97 Å². The van der Waals surface area contributed by atoms with E-state index in [1.165, 1.54) is 23.6 Å². The molecule has 0 saturated carbocycles. The van der Waals surface area contributed by atoms with E-state index >= 15 is 0 Å². The Morgan fingerprint density at radius 3 is 2.87 bits per heavy atom. The van der Waals surface area contributed by atoms with Crippen LogP contribution in [0.4, 0.5) is 11.5 Å². The lowest BCUT2D eigenvalue weighted by Gasteiger charge is -2.37. The molecule has 1 aliphatic heterocycles. The summed E-state index contributed by atoms with van der Waals surface area (Å²) < 4.78 is 1.55. The van der Waals surface area contributed by atoms with E-state index < -0.39 is 6.04 Å². The standard InChI is InChI=1S/C15H18N6O2/c1-4-9(2)12-14(22)19-11-6-16-8-17-13(11)21(12)15(23)10-5-18-20(3)7-10/h5-9,12H,4H2,1-3H3,(H,19,22)/t9?,12-/m0/s1. The van der Waals surface area contributed by atoms with Crippen LogP contribution in [-0.2, 0) is 11.8 Å². The molecule has 1 N–H and O–H groups in total. The molecular formula is C15H18N6O2. The Morgan fingerprint density at radius 2 is 2.22 bits per heavy atom. The summed E-state index contributed by atoms with van der Waals surface area (Å²) in [6.45, 7) is 3.93. The Hall–Kier alpha value is -2.77. The Morgan fingerprint density at radius 1 is 1.43 bits per heavy atom. The molecule has 3 rings (SSSR count). The Balaban J connectivity index is 2.10. The Kier molecular flexibility index (Phi) is 3.81. The third-order valence-corrected chi connectivity index (χ3v) is 4.08. The zero-order valence-corrected chi connectivity index (χ0v) is 13.2. The molecule has 1 aliphatic rings. The second kappa shape index (κ2) is 5.79. The molecule has 120 valence electrons. The fraction of sp³-hybridized carbons (Fsp3) is 0.400. The normalized spacial score (nSPS) is 18.3. The molecular weight excluding hydrogens is 296 g/mol. The van der Waals surface area contributed by atoms with Gasteiger partial charge in [0, 0.05) is 13.2 Å². The van der Waals surface area contributed by atoms with Crippen LogP contribution in [-0.4, -0.2) is 37.6 Å². The number of nitrogens with zero attached hydrogens (tertiary/aromatic N) is 5. The van der Waals surface area contributed by atoms with E-state index in [9.17, 15) is 9.59 Å². The number of anilines is 2. The molecule has 23 heavy (non-hydrogen) atoms. The molecule has 3 heterocycles. The van der Waals surface area contributed by atoms with Gasteiger partial charge in [-0.15, -0.1) is 0 Å². The van der Waals surface area contributed by atoms with Gasteiger partial charge < -0.3 is 5.32 Å². The van der Waals surface area contributed by atoms with Crippen LogP contribution in [0.25, 0.3) is 0 Å². The van der Waals surface area contributed by atoms with Crippen LogP contribution in [0.5, 0.6) is 0 Å². The molecule has 2 amide bonds. The summed E-state index contributed by atoms with van der Waals surface area (Å²) >= 11 is 0. The first kappa shape index (κ1) is 15.1. The lowest BCUT2D eigenvalue weighted by Crippen LogP contribution is -2.54. The van der Waals surface area contributed by atoms with Crippen LogP contribution < -0.4 is 10.2 Å². The van der Waals surface area contributed by atoms with Crippen LogP contribution in [0, 0.1) is 5.92 Å². The zero-order valence-electron chi connectivity index (χ0n) is 13.2. The van der Waals surface area contributed by atoms with Crippen molar-refractivity contribution in [3.05, 3.63) is 30.5 Å². The maximum Gasteiger partial charge on any atom is 0.263 e. The second-order valence-corrected chi connectivity index (χ2v) is 5.66. The van der Waals surface area contributed by atoms with Crippen LogP contribution >= 0.6 is 0 Å². The molecule has 8 nitrogen and oxygen atoms in total. The predicted molar refractivity (Wildman–Crippen MR) is 83.9 cm³/mol. The van der Waals surface area contributed by atoms with E-state index in [1.807, 2.05) is 13.8 Å². The quantitative estimate of drug-likeness (QED) is 0.919. The van der Waals surface area contributed by atoms with E-state index in [4.69, 9.17) is 0 Å². The van der Waals surface area contributed by atoms with Crippen molar-refractivity contribution in [1.29, 1.82) is 0 Å². The van der Waals surface area contributed by atoms with Crippen LogP contribution in [0.3, 0.4) is 0 Å². The number of hydrogen-bond donors (Lipinski definition) is 1. The molecule has 0 fully saturated rings. The van der Waals surface area contributed by atoms with Crippen molar-refractivity contribution in [1.82, 2.24) is 19.7 Å². The largest absolute Gasteiger partial charge is 0.320 e. The van der Waals surface area contributed by atoms with Gasteiger partial charge in [-0.1, -0.05) is 20.3 Å². The fourth-order valence-electron chi connectivity index (χ4n) is 2.69. The summed E-state index contributed by atoms with van der Waals surface area (Å²) in [7, 11) is 1.74. The van der Waals surface area contributed by atoms with Crippen molar-refractivity contribution in [3.8, 4) is 0 Å². The molecule has 2 atom stereocenters. The molecule has 0 saturated heterocycles. The lowest BCUT2D eigenvalue weighted by molar-refractivity contribution is -0.118. The molecule has 0 aromatic carbocycles. The summed E-state index contributed by atoms with van der Waals surface area (Å²) in [5.41, 5.74) is 0.856. The Bertz CT molecular complexity index is 756. The summed E-state index contributed by atoms with van der Waals surface area (Å²) in [4.78, 5) is 35.1. The topological polar surface area (TPSA) is 93.0 Å². The summed E-state index contributed by atoms with van der Waals surface area (Å²) in [5.74, 6) is -0.116. The third kappa shape index (κ3) is 2.56. The molecule has 0 bridgehead atoms. The smallest absolute Gasteiger partial charge is 0.263 e. The minimum absolute atomic E-state index is 0.0151. The van der Waals surface area contributed by atoms with Gasteiger partial charge in [0.1, 0.15) is 18.1 Å². The molecule has 2 aromatic rings. The number of nitrogens with one attached hydrogen (secondary N) is 1. The third-order valence-electron chi connectivity index (χ3n) is 4.08. The van der Waals surface area contributed by atoms with Crippen molar-refractivity contribution in [2.24, 2.45) is 13.0 Å². The van der Waals surface area contributed by atoms with Crippen molar-refractivity contribution in [2.75, 3.05) is 10.2 Å². The maximum absolute atomic E-state index is 13.0. The van der Waals surface area contributed by atoms with E-state index in [2.05, 4.69) is 20.4 Å². The monoisotopic (exact) mass is 314 g/mol. The lowest BCUT2D eigenvalue weighted by atomic mass is 9.94. The first-order valence-electron chi connectivity index (χ1n) is 7.46. The average Bonchev–Trinajstić information content (AvgIpc) is 2.98. The molecule has 8 heteroatoms. The molecule has 1 unspecified atom stereocenters. The fourth-order valence-corrected chi connectivity index (χ4v) is 2.69. The number of fused-ring (bicyclic) bond motifs is 1. The number of aryl methyl sites for hydroxylation is 1. The molecule has 2 aromatic heterocycles. The number of hydrogen-bond acceptors (Lipinski definition) is 5. The minimum Gasteiger partial charge on any atom is -0.320 e. The van der Waals surface area contributed by atoms with Gasteiger partial charge in [0.2, 0.25) is 5.91 Å². The van der Waals surface area contributed by atoms with Gasteiger partial charge in [0.25, 0.3) is 5.91 Å². The number of carbonyl (C=O) groups excluding carboxylic acids is 2. The van der Waals surface area contributed by atoms with Crippen LogP contribution in [0.2, 0.25) is 0 Å². The van der Waals surface area contributed by atoms with Gasteiger partial charge >= 0.3 is 0 Å². The van der Waals surface area contributed by atoms with Crippen LogP contribution in [0.1, 0.15) is 30.6 Å². The van der Waals surface area contributed by atoms with Crippen molar-refractivity contribution in [3.63, 3.8) is 0 Å². The van der Waals surface area contributed by atoms with Gasteiger partial charge in [0.15, 0.2) is 5.82 Å². The SMILES string of the molecule is CCC(C)[C@H]1C(=O)Nc2cncnc2N1C(=O)c1cnn(C)c1. The highest BCUT2D eigenvalue weighted by atomic mass is 16.2. The van der Waals surface area contributed by atoms with E-state index in [1.54, 1.807) is 17.9 Å². The second-order valence-electron chi connectivity index (χ2n) is 5.66. The number of carbonyl (C=O) groups is 2. The number of amides is 2. The van der Waals surface area contributed by atoms with Crippen molar-refractivity contribution < 1.29 is 9.59 Å². The highest BCUT2D eigenvalue weighted by molar-refractivity contribution is 6.15. The first-order chi connectivity index (χ1) is 11.0. The maximum atomic E-state index is 13.0. The molecule has 0 radical (unpaired) electrons. The van der Waals surface area contributed by atoms with E-state index in [0.29, 0.717) is 17.1 Å². The first-order valence-corrected chi connectivity index (χ1v) is 7.46. The Labute approximate surface area is 133 Å². The van der Waals surface area contributed by atoms with Gasteiger partial charge in [0.05, 0.1) is 18.0 Å². The molecule has 0 aliphatic carbocycles. The van der Waals surface area contributed by atoms with E-state index in [0.717, 1.165) is 6.42 Å². The zero-order chi connectivity index (χ0) is 16.6. The summed E-state index contributed by atoms with van der Waals surface area (Å²) in [5, 5.41) is 6.82. The minimum atomic E-state index is -0.616. The average molecular weight is 314 g/mol. The summed E-state index contributed by atoms with van der Waals surface area (Å²) in [6, 6.07) is -0.616. The summed E-state index contributed by atoms with van der Waals surface area (Å²) in [6.07, 6.45) is 6.74.